The molecule has 19 heavy (non-hydrogen) atoms. The Morgan fingerprint density at radius 1 is 1.16 bits per heavy atom. The molecule has 3 N–H and O–H groups in total. The molecule has 1 heterocycles. The van der Waals surface area contributed by atoms with Crippen LogP contribution < -0.4 is 5.73 Å². The van der Waals surface area contributed by atoms with E-state index in [1.54, 1.807) is 0 Å². The summed E-state index contributed by atoms with van der Waals surface area (Å²) in [7, 11) is 0. The molecule has 2 rings (SSSR count). The molecule has 0 saturated carbocycles. The molecule has 0 spiro atoms. The van der Waals surface area contributed by atoms with Gasteiger partial charge < -0.3 is 5.73 Å². The maximum Gasteiger partial charge on any atom is 0.160 e. The summed E-state index contributed by atoms with van der Waals surface area (Å²) in [6, 6.07) is 4.48. The molecule has 1 aromatic carbocycles. The highest BCUT2D eigenvalue weighted by Gasteiger charge is 2.19. The largest absolute Gasteiger partial charge is 0.381 e. The molecular weight excluding hydrogens is 302 g/mol. The van der Waals surface area contributed by atoms with Crippen LogP contribution in [0, 0.1) is 13.8 Å². The summed E-state index contributed by atoms with van der Waals surface area (Å²) in [5, 5.41) is 7.06. The van der Waals surface area contributed by atoms with Crippen molar-refractivity contribution in [3.8, 4) is 11.3 Å². The fourth-order valence-electron chi connectivity index (χ4n) is 2.30. The molecule has 0 aliphatic carbocycles. The van der Waals surface area contributed by atoms with Crippen LogP contribution in [-0.4, -0.2) is 10.2 Å². The van der Waals surface area contributed by atoms with Crippen LogP contribution in [0.4, 0.5) is 5.82 Å². The first-order valence-corrected chi connectivity index (χ1v) is 7.12. The Balaban J connectivity index is 2.64. The standard InChI is InChI=1S/C15H20BrN3/c1-8-6-10(15(3,4)5)7-9(2)11(8)13-12(16)14(17)19-18-13/h6-7H,1-5H3,(H3,17,18,19). The zero-order valence-corrected chi connectivity index (χ0v) is 13.6. The number of benzene rings is 1. The lowest BCUT2D eigenvalue weighted by Crippen LogP contribution is -2.12. The van der Waals surface area contributed by atoms with Crippen LogP contribution in [0.5, 0.6) is 0 Å². The number of halogens is 1. The van der Waals surface area contributed by atoms with Gasteiger partial charge in [-0.15, -0.1) is 0 Å². The van der Waals surface area contributed by atoms with E-state index >= 15 is 0 Å². The average Bonchev–Trinajstić information content (AvgIpc) is 2.59. The number of H-pyrrole nitrogens is 1. The molecule has 0 aliphatic heterocycles. The predicted molar refractivity (Wildman–Crippen MR) is 84.3 cm³/mol. The number of aromatic nitrogens is 2. The third kappa shape index (κ3) is 2.54. The lowest BCUT2D eigenvalue weighted by Gasteiger charge is -2.22. The van der Waals surface area contributed by atoms with E-state index in [1.165, 1.54) is 22.3 Å². The molecule has 4 heteroatoms. The molecule has 0 bridgehead atoms. The number of aromatic amines is 1. The summed E-state index contributed by atoms with van der Waals surface area (Å²) in [4.78, 5) is 0. The summed E-state index contributed by atoms with van der Waals surface area (Å²) < 4.78 is 0.835. The molecule has 3 nitrogen and oxygen atoms in total. The Morgan fingerprint density at radius 2 is 1.68 bits per heavy atom. The first-order valence-electron chi connectivity index (χ1n) is 6.33. The van der Waals surface area contributed by atoms with Crippen LogP contribution >= 0.6 is 15.9 Å². The normalized spacial score (nSPS) is 11.9. The molecule has 0 radical (unpaired) electrons. The highest BCUT2D eigenvalue weighted by molar-refractivity contribution is 9.10. The second-order valence-electron chi connectivity index (χ2n) is 6.03. The van der Waals surface area contributed by atoms with Gasteiger partial charge >= 0.3 is 0 Å². The van der Waals surface area contributed by atoms with Gasteiger partial charge in [0, 0.05) is 5.56 Å². The summed E-state index contributed by atoms with van der Waals surface area (Å²) in [5.41, 5.74) is 11.9. The Hall–Kier alpha value is -1.29. The molecule has 2 aromatic rings. The van der Waals surface area contributed by atoms with Gasteiger partial charge in [-0.1, -0.05) is 32.9 Å². The maximum atomic E-state index is 5.79. The van der Waals surface area contributed by atoms with Crippen molar-refractivity contribution in [3.05, 3.63) is 33.3 Å². The van der Waals surface area contributed by atoms with Crippen LogP contribution in [-0.2, 0) is 5.41 Å². The van der Waals surface area contributed by atoms with E-state index in [2.05, 4.69) is 72.9 Å². The molecule has 0 amide bonds. The highest BCUT2D eigenvalue weighted by atomic mass is 79.9. The van der Waals surface area contributed by atoms with Gasteiger partial charge in [0.25, 0.3) is 0 Å². The van der Waals surface area contributed by atoms with E-state index in [0.29, 0.717) is 5.82 Å². The lowest BCUT2D eigenvalue weighted by molar-refractivity contribution is 0.589. The monoisotopic (exact) mass is 321 g/mol. The van der Waals surface area contributed by atoms with Crippen molar-refractivity contribution in [2.24, 2.45) is 0 Å². The Kier molecular flexibility index (Phi) is 3.47. The number of anilines is 1. The third-order valence-corrected chi connectivity index (χ3v) is 4.18. The number of nitrogen functional groups attached to an aromatic ring is 1. The molecule has 0 aliphatic rings. The number of rotatable bonds is 1. The molecule has 1 aromatic heterocycles. The van der Waals surface area contributed by atoms with Crippen molar-refractivity contribution in [3.63, 3.8) is 0 Å². The number of nitrogens with two attached hydrogens (primary N) is 1. The summed E-state index contributed by atoms with van der Waals surface area (Å²) in [6.07, 6.45) is 0. The second-order valence-corrected chi connectivity index (χ2v) is 6.83. The summed E-state index contributed by atoms with van der Waals surface area (Å²) >= 11 is 3.49. The minimum atomic E-state index is 0.151. The smallest absolute Gasteiger partial charge is 0.160 e. The Morgan fingerprint density at radius 3 is 2.05 bits per heavy atom. The first-order chi connectivity index (χ1) is 8.71. The number of aryl methyl sites for hydroxylation is 2. The molecule has 0 atom stereocenters. The van der Waals surface area contributed by atoms with Gasteiger partial charge in [0.1, 0.15) is 0 Å². The van der Waals surface area contributed by atoms with Crippen LogP contribution in [0.15, 0.2) is 16.6 Å². The van der Waals surface area contributed by atoms with E-state index in [9.17, 15) is 0 Å². The predicted octanol–water partition coefficient (Wildman–Crippen LogP) is 4.34. The van der Waals surface area contributed by atoms with Crippen LogP contribution in [0.1, 0.15) is 37.5 Å². The van der Waals surface area contributed by atoms with E-state index in [1.807, 2.05) is 0 Å². The fraction of sp³-hybridized carbons (Fsp3) is 0.400. The third-order valence-electron chi connectivity index (χ3n) is 3.38. The van der Waals surface area contributed by atoms with Crippen molar-refractivity contribution in [1.29, 1.82) is 0 Å². The van der Waals surface area contributed by atoms with Crippen LogP contribution in [0.25, 0.3) is 11.3 Å². The van der Waals surface area contributed by atoms with Gasteiger partial charge in [-0.25, -0.2) is 0 Å². The molecule has 0 unspecified atom stereocenters. The highest BCUT2D eigenvalue weighted by Crippen LogP contribution is 2.36. The van der Waals surface area contributed by atoms with Crippen molar-refractivity contribution in [2.45, 2.75) is 40.0 Å². The number of nitrogens with zero attached hydrogens (tertiary/aromatic N) is 1. The molecule has 0 fully saturated rings. The van der Waals surface area contributed by atoms with E-state index in [4.69, 9.17) is 5.73 Å². The van der Waals surface area contributed by atoms with E-state index in [-0.39, 0.29) is 5.41 Å². The molecular formula is C15H20BrN3. The summed E-state index contributed by atoms with van der Waals surface area (Å²) in [6.45, 7) is 10.9. The second kappa shape index (κ2) is 4.67. The maximum absolute atomic E-state index is 5.79. The van der Waals surface area contributed by atoms with Crippen molar-refractivity contribution >= 4 is 21.7 Å². The lowest BCUT2D eigenvalue weighted by atomic mass is 9.83. The van der Waals surface area contributed by atoms with Crippen molar-refractivity contribution in [2.75, 3.05) is 5.73 Å². The van der Waals surface area contributed by atoms with E-state index < -0.39 is 0 Å². The minimum absolute atomic E-state index is 0.151. The minimum Gasteiger partial charge on any atom is -0.381 e. The van der Waals surface area contributed by atoms with Gasteiger partial charge in [-0.05, 0) is 51.9 Å². The van der Waals surface area contributed by atoms with Crippen molar-refractivity contribution in [1.82, 2.24) is 10.2 Å². The van der Waals surface area contributed by atoms with Crippen molar-refractivity contribution < 1.29 is 0 Å². The number of nitrogens with one attached hydrogen (secondary N) is 1. The Bertz CT molecular complexity index is 598. The zero-order chi connectivity index (χ0) is 14.4. The molecule has 0 saturated heterocycles. The van der Waals surface area contributed by atoms with Crippen LogP contribution in [0.3, 0.4) is 0 Å². The average molecular weight is 322 g/mol. The number of hydrogen-bond donors (Lipinski definition) is 2. The summed E-state index contributed by atoms with van der Waals surface area (Å²) in [5.74, 6) is 0.494. The van der Waals surface area contributed by atoms with Gasteiger partial charge in [-0.3, -0.25) is 5.10 Å². The zero-order valence-electron chi connectivity index (χ0n) is 12.1. The SMILES string of the molecule is Cc1cc(C(C)(C)C)cc(C)c1-c1[nH]nc(N)c1Br. The van der Waals surface area contributed by atoms with Gasteiger partial charge in [0.15, 0.2) is 5.82 Å². The van der Waals surface area contributed by atoms with Gasteiger partial charge in [0.2, 0.25) is 0 Å². The van der Waals surface area contributed by atoms with Gasteiger partial charge in [0.05, 0.1) is 10.2 Å². The quantitative estimate of drug-likeness (QED) is 0.821. The van der Waals surface area contributed by atoms with Crippen LogP contribution in [0.2, 0.25) is 0 Å². The van der Waals surface area contributed by atoms with E-state index in [0.717, 1.165) is 10.2 Å². The fourth-order valence-corrected chi connectivity index (χ4v) is 2.67. The Labute approximate surface area is 122 Å². The topological polar surface area (TPSA) is 54.7 Å². The van der Waals surface area contributed by atoms with Gasteiger partial charge in [-0.2, -0.15) is 5.10 Å². The number of hydrogen-bond acceptors (Lipinski definition) is 2. The molecule has 102 valence electrons. The first kappa shape index (κ1) is 14.1.